The first kappa shape index (κ1) is 15.5. The third-order valence-corrected chi connectivity index (χ3v) is 4.99. The van der Waals surface area contributed by atoms with E-state index in [1.165, 1.54) is 30.0 Å². The van der Waals surface area contributed by atoms with Crippen molar-refractivity contribution in [2.24, 2.45) is 0 Å². The van der Waals surface area contributed by atoms with Gasteiger partial charge in [0.05, 0.1) is 14.7 Å². The second-order valence-electron chi connectivity index (χ2n) is 4.57. The van der Waals surface area contributed by atoms with Crippen LogP contribution < -0.4 is 0 Å². The van der Waals surface area contributed by atoms with Crippen LogP contribution in [-0.2, 0) is 9.84 Å². The molecule has 0 atom stereocenters. The first-order valence-electron chi connectivity index (χ1n) is 6.00. The SMILES string of the molecule is Cc1ccc(Sc2ccc(S(C)(=O)=O)cc2)c([N+](=O)[O-])c1. The molecule has 0 N–H and O–H groups in total. The highest BCUT2D eigenvalue weighted by molar-refractivity contribution is 7.99. The maximum Gasteiger partial charge on any atom is 0.283 e. The summed E-state index contributed by atoms with van der Waals surface area (Å²) in [6, 6.07) is 11.3. The lowest BCUT2D eigenvalue weighted by atomic mass is 10.2. The predicted molar refractivity (Wildman–Crippen MR) is 81.5 cm³/mol. The van der Waals surface area contributed by atoms with Crippen LogP contribution in [0.15, 0.2) is 57.2 Å². The smallest absolute Gasteiger partial charge is 0.258 e. The number of hydrogen-bond donors (Lipinski definition) is 0. The lowest BCUT2D eigenvalue weighted by Crippen LogP contribution is -1.96. The van der Waals surface area contributed by atoms with Crippen LogP contribution in [0.2, 0.25) is 0 Å². The van der Waals surface area contributed by atoms with E-state index in [9.17, 15) is 18.5 Å². The van der Waals surface area contributed by atoms with Gasteiger partial charge in [0.2, 0.25) is 0 Å². The Morgan fingerprint density at radius 2 is 1.71 bits per heavy atom. The van der Waals surface area contributed by atoms with Crippen LogP contribution >= 0.6 is 11.8 Å². The topological polar surface area (TPSA) is 77.3 Å². The Kier molecular flexibility index (Phi) is 4.34. The molecule has 0 fully saturated rings. The Morgan fingerprint density at radius 3 is 2.24 bits per heavy atom. The van der Waals surface area contributed by atoms with Crippen molar-refractivity contribution >= 4 is 27.3 Å². The van der Waals surface area contributed by atoms with Gasteiger partial charge in [-0.1, -0.05) is 17.8 Å². The van der Waals surface area contributed by atoms with Crippen LogP contribution in [0, 0.1) is 17.0 Å². The summed E-state index contributed by atoms with van der Waals surface area (Å²) in [4.78, 5) is 12.1. The summed E-state index contributed by atoms with van der Waals surface area (Å²) < 4.78 is 22.8. The second-order valence-corrected chi connectivity index (χ2v) is 7.71. The zero-order valence-electron chi connectivity index (χ0n) is 11.4. The van der Waals surface area contributed by atoms with Gasteiger partial charge in [-0.05, 0) is 42.8 Å². The summed E-state index contributed by atoms with van der Waals surface area (Å²) in [5.41, 5.74) is 0.866. The summed E-state index contributed by atoms with van der Waals surface area (Å²) in [5.74, 6) is 0. The molecule has 0 saturated heterocycles. The van der Waals surface area contributed by atoms with Gasteiger partial charge in [0.1, 0.15) is 0 Å². The number of nitro groups is 1. The second kappa shape index (κ2) is 5.87. The minimum atomic E-state index is -3.24. The lowest BCUT2D eigenvalue weighted by molar-refractivity contribution is -0.387. The Hall–Kier alpha value is -1.86. The molecular weight excluding hydrogens is 310 g/mol. The molecule has 7 heteroatoms. The summed E-state index contributed by atoms with van der Waals surface area (Å²) >= 11 is 1.23. The molecule has 0 amide bonds. The quantitative estimate of drug-likeness (QED) is 0.636. The molecule has 2 aromatic carbocycles. The maximum absolute atomic E-state index is 11.4. The highest BCUT2D eigenvalue weighted by atomic mass is 32.2. The van der Waals surface area contributed by atoms with Gasteiger partial charge in [-0.15, -0.1) is 0 Å². The zero-order valence-corrected chi connectivity index (χ0v) is 13.1. The van der Waals surface area contributed by atoms with E-state index in [0.717, 1.165) is 16.7 Å². The normalized spacial score (nSPS) is 11.3. The van der Waals surface area contributed by atoms with Crippen LogP contribution in [-0.4, -0.2) is 19.6 Å². The van der Waals surface area contributed by atoms with Crippen molar-refractivity contribution in [3.8, 4) is 0 Å². The molecule has 0 saturated carbocycles. The standard InChI is InChI=1S/C14H13NO4S2/c1-10-3-8-14(13(9-10)15(16)17)20-11-4-6-12(7-5-11)21(2,18)19/h3-9H,1-2H3. The summed E-state index contributed by atoms with van der Waals surface area (Å²) in [6.45, 7) is 1.79. The molecule has 0 aliphatic heterocycles. The fourth-order valence-corrected chi connectivity index (χ4v) is 3.27. The van der Waals surface area contributed by atoms with Crippen molar-refractivity contribution in [2.45, 2.75) is 21.6 Å². The van der Waals surface area contributed by atoms with Crippen LogP contribution in [0.5, 0.6) is 0 Å². The molecule has 0 aliphatic rings. The van der Waals surface area contributed by atoms with E-state index in [2.05, 4.69) is 0 Å². The van der Waals surface area contributed by atoms with Gasteiger partial charge in [-0.25, -0.2) is 8.42 Å². The first-order valence-corrected chi connectivity index (χ1v) is 8.71. The largest absolute Gasteiger partial charge is 0.283 e. The third kappa shape index (κ3) is 3.83. The molecule has 0 heterocycles. The fraction of sp³-hybridized carbons (Fsp3) is 0.143. The van der Waals surface area contributed by atoms with E-state index in [0.29, 0.717) is 4.90 Å². The molecule has 0 radical (unpaired) electrons. The van der Waals surface area contributed by atoms with Crippen molar-refractivity contribution in [1.29, 1.82) is 0 Å². The molecule has 0 bridgehead atoms. The number of benzene rings is 2. The number of hydrogen-bond acceptors (Lipinski definition) is 5. The summed E-state index contributed by atoms with van der Waals surface area (Å²) in [5, 5.41) is 11.1. The van der Waals surface area contributed by atoms with Crippen molar-refractivity contribution in [1.82, 2.24) is 0 Å². The van der Waals surface area contributed by atoms with Gasteiger partial charge < -0.3 is 0 Å². The first-order chi connectivity index (χ1) is 9.77. The van der Waals surface area contributed by atoms with E-state index < -0.39 is 14.8 Å². The lowest BCUT2D eigenvalue weighted by Gasteiger charge is -2.05. The fourth-order valence-electron chi connectivity index (χ4n) is 1.74. The van der Waals surface area contributed by atoms with Gasteiger partial charge in [-0.2, -0.15) is 0 Å². The van der Waals surface area contributed by atoms with E-state index in [4.69, 9.17) is 0 Å². The number of rotatable bonds is 4. The van der Waals surface area contributed by atoms with Crippen LogP contribution in [0.4, 0.5) is 5.69 Å². The van der Waals surface area contributed by atoms with Crippen molar-refractivity contribution in [3.63, 3.8) is 0 Å². The predicted octanol–water partition coefficient (Wildman–Crippen LogP) is 3.46. The third-order valence-electron chi connectivity index (χ3n) is 2.79. The van der Waals surface area contributed by atoms with E-state index >= 15 is 0 Å². The van der Waals surface area contributed by atoms with E-state index in [-0.39, 0.29) is 10.6 Å². The molecule has 0 aromatic heterocycles. The molecule has 5 nitrogen and oxygen atoms in total. The molecular formula is C14H13NO4S2. The summed E-state index contributed by atoms with van der Waals surface area (Å²) in [6.07, 6.45) is 1.14. The van der Waals surface area contributed by atoms with Gasteiger partial charge in [0.15, 0.2) is 9.84 Å². The minimum Gasteiger partial charge on any atom is -0.258 e. The van der Waals surface area contributed by atoms with Gasteiger partial charge in [-0.3, -0.25) is 10.1 Å². The van der Waals surface area contributed by atoms with E-state index in [1.807, 2.05) is 0 Å². The van der Waals surface area contributed by atoms with Crippen LogP contribution in [0.3, 0.4) is 0 Å². The van der Waals surface area contributed by atoms with Gasteiger partial charge >= 0.3 is 0 Å². The Bertz CT molecular complexity index is 783. The number of sulfone groups is 1. The maximum atomic E-state index is 11.4. The summed E-state index contributed by atoms with van der Waals surface area (Å²) in [7, 11) is -3.24. The highest BCUT2D eigenvalue weighted by Gasteiger charge is 2.15. The molecule has 110 valence electrons. The highest BCUT2D eigenvalue weighted by Crippen LogP contribution is 2.35. The average Bonchev–Trinajstić information content (AvgIpc) is 2.40. The Labute approximate surface area is 127 Å². The molecule has 0 unspecified atom stereocenters. The van der Waals surface area contributed by atoms with E-state index in [1.54, 1.807) is 31.2 Å². The Balaban J connectivity index is 2.33. The zero-order chi connectivity index (χ0) is 15.6. The minimum absolute atomic E-state index is 0.0483. The molecule has 21 heavy (non-hydrogen) atoms. The number of nitro benzene ring substituents is 1. The van der Waals surface area contributed by atoms with Crippen LogP contribution in [0.25, 0.3) is 0 Å². The monoisotopic (exact) mass is 323 g/mol. The molecule has 2 rings (SSSR count). The molecule has 2 aromatic rings. The van der Waals surface area contributed by atoms with Crippen molar-refractivity contribution < 1.29 is 13.3 Å². The number of nitrogens with zero attached hydrogens (tertiary/aromatic N) is 1. The van der Waals surface area contributed by atoms with Gasteiger partial charge in [0.25, 0.3) is 5.69 Å². The molecule has 0 spiro atoms. The van der Waals surface area contributed by atoms with Crippen molar-refractivity contribution in [3.05, 3.63) is 58.1 Å². The Morgan fingerprint density at radius 1 is 1.10 bits per heavy atom. The van der Waals surface area contributed by atoms with Gasteiger partial charge in [0, 0.05) is 17.2 Å². The van der Waals surface area contributed by atoms with Crippen molar-refractivity contribution in [2.75, 3.05) is 6.26 Å². The number of aryl methyl sites for hydroxylation is 1. The van der Waals surface area contributed by atoms with Crippen LogP contribution in [0.1, 0.15) is 5.56 Å². The molecule has 0 aliphatic carbocycles. The average molecular weight is 323 g/mol.